The topological polar surface area (TPSA) is 46.5 Å². The van der Waals surface area contributed by atoms with Crippen LogP contribution in [0.5, 0.6) is 0 Å². The zero-order chi connectivity index (χ0) is 22.6. The molecule has 3 aromatic heterocycles. The fraction of sp³-hybridized carbons (Fsp3) is 0. The van der Waals surface area contributed by atoms with Gasteiger partial charge in [-0.15, -0.1) is 0 Å². The summed E-state index contributed by atoms with van der Waals surface area (Å²) in [6, 6.07) is 39.7. The molecule has 7 aromatic rings. The number of nitrogens with zero attached hydrogens (tertiary/aromatic N) is 4. The lowest BCUT2D eigenvalue weighted by molar-refractivity contribution is 1.06. The summed E-state index contributed by atoms with van der Waals surface area (Å²) >= 11 is 0. The molecule has 0 N–H and O–H groups in total. The number of nitriles is 1. The Morgan fingerprint density at radius 2 is 1.12 bits per heavy atom. The number of hydrogen-bond donors (Lipinski definition) is 0. The van der Waals surface area contributed by atoms with Crippen LogP contribution in [-0.4, -0.2) is 14.1 Å². The molecule has 4 nitrogen and oxygen atoms in total. The molecule has 0 bridgehead atoms. The number of pyridine rings is 1. The van der Waals surface area contributed by atoms with Crippen molar-refractivity contribution in [2.75, 3.05) is 0 Å². The fourth-order valence-electron chi connectivity index (χ4n) is 5.19. The molecule has 0 fully saturated rings. The summed E-state index contributed by atoms with van der Waals surface area (Å²) in [7, 11) is 0. The monoisotopic (exact) mass is 434 g/mol. The zero-order valence-electron chi connectivity index (χ0n) is 18.2. The van der Waals surface area contributed by atoms with Crippen LogP contribution >= 0.6 is 0 Å². The van der Waals surface area contributed by atoms with E-state index in [1.807, 2.05) is 18.2 Å². The van der Waals surface area contributed by atoms with Crippen molar-refractivity contribution in [1.29, 1.82) is 5.26 Å². The molecule has 0 atom stereocenters. The molecular formula is C30H18N4. The molecule has 0 amide bonds. The number of aromatic nitrogens is 3. The van der Waals surface area contributed by atoms with Gasteiger partial charge in [0.25, 0.3) is 0 Å². The number of fused-ring (bicyclic) bond motifs is 7. The standard InChI is InChI=1S/C30H18N4/c31-19-20-9-8-16-28(32-20)34-27-15-7-5-13-23(27)25-18-17-24-22-12-4-6-14-26(22)33(29(24)30(25)34)21-10-2-1-3-11-21/h1-18H. The molecule has 3 heterocycles. The zero-order valence-corrected chi connectivity index (χ0v) is 18.2. The number of rotatable bonds is 2. The Hall–Kier alpha value is -4.88. The van der Waals surface area contributed by atoms with Gasteiger partial charge in [0.15, 0.2) is 0 Å². The third-order valence-corrected chi connectivity index (χ3v) is 6.56. The van der Waals surface area contributed by atoms with Gasteiger partial charge in [-0.1, -0.05) is 72.8 Å². The second-order valence-corrected chi connectivity index (χ2v) is 8.39. The van der Waals surface area contributed by atoms with Crippen molar-refractivity contribution in [2.45, 2.75) is 0 Å². The van der Waals surface area contributed by atoms with Gasteiger partial charge in [-0.25, -0.2) is 4.98 Å². The molecule has 0 aliphatic heterocycles. The summed E-state index contributed by atoms with van der Waals surface area (Å²) < 4.78 is 4.54. The van der Waals surface area contributed by atoms with Crippen LogP contribution < -0.4 is 0 Å². The predicted octanol–water partition coefficient (Wildman–Crippen LogP) is 7.15. The van der Waals surface area contributed by atoms with Gasteiger partial charge < -0.3 is 4.57 Å². The van der Waals surface area contributed by atoms with Gasteiger partial charge in [0.05, 0.1) is 22.1 Å². The number of hydrogen-bond acceptors (Lipinski definition) is 2. The maximum absolute atomic E-state index is 9.52. The summed E-state index contributed by atoms with van der Waals surface area (Å²) in [6.45, 7) is 0. The molecule has 7 rings (SSSR count). The van der Waals surface area contributed by atoms with E-state index in [2.05, 4.69) is 105 Å². The van der Waals surface area contributed by atoms with Gasteiger partial charge in [-0.05, 0) is 36.4 Å². The first-order valence-electron chi connectivity index (χ1n) is 11.2. The Morgan fingerprint density at radius 1 is 0.529 bits per heavy atom. The van der Waals surface area contributed by atoms with E-state index in [0.29, 0.717) is 5.69 Å². The molecule has 34 heavy (non-hydrogen) atoms. The van der Waals surface area contributed by atoms with E-state index in [1.165, 1.54) is 10.8 Å². The van der Waals surface area contributed by atoms with Crippen LogP contribution in [0.2, 0.25) is 0 Å². The Balaban J connectivity index is 1.78. The van der Waals surface area contributed by atoms with Crippen molar-refractivity contribution in [2.24, 2.45) is 0 Å². The fourth-order valence-corrected chi connectivity index (χ4v) is 5.19. The van der Waals surface area contributed by atoms with Crippen LogP contribution in [0, 0.1) is 11.3 Å². The lowest BCUT2D eigenvalue weighted by Gasteiger charge is -2.12. The SMILES string of the molecule is N#Cc1cccc(-n2c3ccccc3c3ccc4c5ccccc5n(-c5ccccc5)c4c32)n1. The van der Waals surface area contributed by atoms with E-state index in [1.54, 1.807) is 6.07 Å². The van der Waals surface area contributed by atoms with Gasteiger partial charge in [0.1, 0.15) is 17.6 Å². The van der Waals surface area contributed by atoms with Crippen LogP contribution in [0.4, 0.5) is 0 Å². The van der Waals surface area contributed by atoms with Crippen molar-refractivity contribution < 1.29 is 0 Å². The normalized spacial score (nSPS) is 11.5. The van der Waals surface area contributed by atoms with Crippen LogP contribution in [0.25, 0.3) is 55.1 Å². The highest BCUT2D eigenvalue weighted by molar-refractivity contribution is 6.23. The van der Waals surface area contributed by atoms with Gasteiger partial charge in [-0.2, -0.15) is 5.26 Å². The molecule has 0 spiro atoms. The van der Waals surface area contributed by atoms with Crippen LogP contribution in [0.15, 0.2) is 109 Å². The second kappa shape index (κ2) is 7.06. The Kier molecular flexibility index (Phi) is 3.88. The van der Waals surface area contributed by atoms with Crippen molar-refractivity contribution in [3.8, 4) is 17.6 Å². The summed E-state index contributed by atoms with van der Waals surface area (Å²) in [5, 5.41) is 14.2. The minimum absolute atomic E-state index is 0.402. The second-order valence-electron chi connectivity index (χ2n) is 8.39. The van der Waals surface area contributed by atoms with Crippen LogP contribution in [0.3, 0.4) is 0 Å². The highest BCUT2D eigenvalue weighted by Gasteiger charge is 2.21. The highest BCUT2D eigenvalue weighted by atomic mass is 15.1. The van der Waals surface area contributed by atoms with Gasteiger partial charge >= 0.3 is 0 Å². The largest absolute Gasteiger partial charge is 0.307 e. The number of para-hydroxylation sites is 3. The third-order valence-electron chi connectivity index (χ3n) is 6.56. The molecule has 4 heteroatoms. The average molecular weight is 435 g/mol. The number of benzene rings is 4. The van der Waals surface area contributed by atoms with E-state index in [-0.39, 0.29) is 0 Å². The molecule has 4 aromatic carbocycles. The predicted molar refractivity (Wildman–Crippen MR) is 138 cm³/mol. The molecule has 0 saturated heterocycles. The molecule has 0 radical (unpaired) electrons. The maximum atomic E-state index is 9.52. The smallest absolute Gasteiger partial charge is 0.142 e. The molecule has 0 unspecified atom stereocenters. The van der Waals surface area contributed by atoms with Crippen LogP contribution in [0.1, 0.15) is 5.69 Å². The Morgan fingerprint density at radius 3 is 1.79 bits per heavy atom. The lowest BCUT2D eigenvalue weighted by Crippen LogP contribution is -2.01. The first kappa shape index (κ1) is 18.7. The third kappa shape index (κ3) is 2.49. The summed E-state index contributed by atoms with van der Waals surface area (Å²) in [5.74, 6) is 0.739. The van der Waals surface area contributed by atoms with Crippen LogP contribution in [-0.2, 0) is 0 Å². The maximum Gasteiger partial charge on any atom is 0.142 e. The van der Waals surface area contributed by atoms with Gasteiger partial charge in [-0.3, -0.25) is 4.57 Å². The lowest BCUT2D eigenvalue weighted by atomic mass is 10.1. The molecule has 0 aliphatic carbocycles. The molecule has 158 valence electrons. The first-order valence-corrected chi connectivity index (χ1v) is 11.2. The minimum Gasteiger partial charge on any atom is -0.307 e. The average Bonchev–Trinajstić information content (AvgIpc) is 3.42. The first-order chi connectivity index (χ1) is 16.8. The van der Waals surface area contributed by atoms with E-state index < -0.39 is 0 Å². The van der Waals surface area contributed by atoms with E-state index in [0.717, 1.165) is 44.3 Å². The summed E-state index contributed by atoms with van der Waals surface area (Å²) in [5.41, 5.74) is 5.95. The molecular weight excluding hydrogens is 416 g/mol. The van der Waals surface area contributed by atoms with Crippen molar-refractivity contribution >= 4 is 43.6 Å². The molecule has 0 aliphatic rings. The minimum atomic E-state index is 0.402. The van der Waals surface area contributed by atoms with Crippen molar-refractivity contribution in [3.63, 3.8) is 0 Å². The van der Waals surface area contributed by atoms with Gasteiger partial charge in [0, 0.05) is 27.2 Å². The van der Waals surface area contributed by atoms with Crippen molar-refractivity contribution in [1.82, 2.24) is 14.1 Å². The van der Waals surface area contributed by atoms with Gasteiger partial charge in [0.2, 0.25) is 0 Å². The van der Waals surface area contributed by atoms with E-state index >= 15 is 0 Å². The molecule has 0 saturated carbocycles. The highest BCUT2D eigenvalue weighted by Crippen LogP contribution is 2.41. The Bertz CT molecular complexity index is 1920. The quantitative estimate of drug-likeness (QED) is 0.290. The Labute approximate surface area is 195 Å². The van der Waals surface area contributed by atoms with Crippen molar-refractivity contribution in [3.05, 3.63) is 115 Å². The summed E-state index contributed by atoms with van der Waals surface area (Å²) in [4.78, 5) is 4.69. The summed E-state index contributed by atoms with van der Waals surface area (Å²) in [6.07, 6.45) is 0. The van der Waals surface area contributed by atoms with E-state index in [9.17, 15) is 5.26 Å². The van der Waals surface area contributed by atoms with E-state index in [4.69, 9.17) is 0 Å².